The summed E-state index contributed by atoms with van der Waals surface area (Å²) in [6.07, 6.45) is 0. The zero-order valence-electron chi connectivity index (χ0n) is 63.3. The molecule has 0 spiro atoms. The Bertz CT molecular complexity index is 7370. The fraction of sp³-hybridized carbons (Fsp3) is 0. The van der Waals surface area contributed by atoms with Crippen molar-refractivity contribution in [3.63, 3.8) is 0 Å². The van der Waals surface area contributed by atoms with E-state index in [-0.39, 0.29) is 0 Å². The van der Waals surface area contributed by atoms with Crippen LogP contribution < -0.4 is 0 Å². The van der Waals surface area contributed by atoms with Gasteiger partial charge < -0.3 is 9.13 Å². The highest BCUT2D eigenvalue weighted by atomic mass is 15.1. The molecule has 550 valence electrons. The van der Waals surface area contributed by atoms with E-state index in [1.165, 1.54) is 0 Å². The number of hydrogen-bond acceptors (Lipinski definition) is 14. The van der Waals surface area contributed by atoms with Gasteiger partial charge in [-0.3, -0.25) is 0 Å². The van der Waals surface area contributed by atoms with Crippen LogP contribution in [0.15, 0.2) is 328 Å². The van der Waals surface area contributed by atoms with E-state index in [0.29, 0.717) is 119 Å². The van der Waals surface area contributed by atoms with E-state index in [2.05, 4.69) is 149 Å². The van der Waals surface area contributed by atoms with Gasteiger partial charge in [0.05, 0.1) is 121 Å². The van der Waals surface area contributed by atoms with E-state index in [0.717, 1.165) is 116 Å². The zero-order valence-corrected chi connectivity index (χ0v) is 63.3. The Labute approximate surface area is 687 Å². The summed E-state index contributed by atoms with van der Waals surface area (Å²) >= 11 is 0. The first-order valence-corrected chi connectivity index (χ1v) is 38.1. The molecule has 16 nitrogen and oxygen atoms in total. The molecule has 0 aliphatic heterocycles. The topological polar surface area (TPSA) is 278 Å². The Morgan fingerprint density at radius 1 is 0.175 bits per heavy atom. The number of aromatic nitrogens is 8. The fourth-order valence-electron chi connectivity index (χ4n) is 15.9. The molecule has 4 aromatic heterocycles. The van der Waals surface area contributed by atoms with Gasteiger partial charge >= 0.3 is 0 Å². The SMILES string of the molecule is N#Cc1cc(C#N)cc(-c2ccc3c(c2)c2cc(-c4cc(C#N)cc(C#N)c4)ccc2n3-c2cc(-c3cccc(-c4ccc(-n5c6ccc(-c7cc(C#N)cc(C#N)c7)cc6c6cc(-c7cc(C#N)cc(C#N)c7)ccc65)c(-c5nc(-c6ccccc6)nc(-c6ccccc6)n5)c4)c3)cc(-c3nc(-c4ccccc4)nc(-c4ccccc4)n3)c2)c1. The van der Waals surface area contributed by atoms with E-state index in [9.17, 15) is 42.1 Å². The molecular formula is C104H54N16. The summed E-state index contributed by atoms with van der Waals surface area (Å²) in [4.78, 5) is 31.8. The molecule has 0 N–H and O–H groups in total. The number of hydrogen-bond donors (Lipinski definition) is 0. The number of benzene rings is 15. The molecule has 0 atom stereocenters. The van der Waals surface area contributed by atoms with Gasteiger partial charge in [0.15, 0.2) is 34.9 Å². The molecule has 0 aliphatic carbocycles. The molecule has 0 unspecified atom stereocenters. The van der Waals surface area contributed by atoms with Gasteiger partial charge in [-0.2, -0.15) is 42.1 Å². The molecular weight excluding hydrogens is 1470 g/mol. The molecule has 0 fully saturated rings. The summed E-state index contributed by atoms with van der Waals surface area (Å²) in [5.41, 5.74) is 20.9. The van der Waals surface area contributed by atoms with Crippen molar-refractivity contribution in [1.29, 1.82) is 42.1 Å². The summed E-state index contributed by atoms with van der Waals surface area (Å²) in [7, 11) is 0. The molecule has 15 aromatic carbocycles. The lowest BCUT2D eigenvalue weighted by atomic mass is 9.95. The normalized spacial score (nSPS) is 10.9. The predicted molar refractivity (Wildman–Crippen MR) is 465 cm³/mol. The maximum Gasteiger partial charge on any atom is 0.166 e. The summed E-state index contributed by atoms with van der Waals surface area (Å²) in [6, 6.07) is 123. The molecule has 4 heterocycles. The first-order valence-electron chi connectivity index (χ1n) is 38.1. The monoisotopic (exact) mass is 1530 g/mol. The van der Waals surface area contributed by atoms with Gasteiger partial charge in [-0.25, -0.2) is 29.9 Å². The molecule has 0 aliphatic rings. The van der Waals surface area contributed by atoms with E-state index in [1.54, 1.807) is 72.8 Å². The number of fused-ring (bicyclic) bond motifs is 6. The molecule has 0 bridgehead atoms. The van der Waals surface area contributed by atoms with Crippen LogP contribution in [0, 0.1) is 90.6 Å². The second-order valence-corrected chi connectivity index (χ2v) is 28.8. The standard InChI is InChI=1S/C104H54N16/c105-55-63-34-64(56-106)39-82(38-63)78-25-29-94-89(50-78)90-51-79(83-40-65(57-107)35-66(41-83)58-108)26-30-95(90)119(94)88-48-86(47-87(49-88)103-115-99(71-14-5-1-6-15-71)113-100(116-103)72-16-7-2-8-17-72)76-23-13-22-75(46-76)77-24-33-98(93(54-77)104-117-101(73-18-9-3-10-19-73)114-102(118-104)74-20-11-4-12-21-74)120-96-31-27-80(84-42-67(59-109)36-68(43-84)60-110)52-91(96)92-53-81(28-32-97(92)120)85-44-69(61-111)37-70(45-85)62-112/h1-54H. The Morgan fingerprint density at radius 2 is 0.417 bits per heavy atom. The van der Waals surface area contributed by atoms with Crippen molar-refractivity contribution in [2.75, 3.05) is 0 Å². The second kappa shape index (κ2) is 30.4. The van der Waals surface area contributed by atoms with Crippen molar-refractivity contribution < 1.29 is 0 Å². The number of rotatable bonds is 14. The van der Waals surface area contributed by atoms with Crippen LogP contribution in [0.25, 0.3) is 190 Å². The molecule has 120 heavy (non-hydrogen) atoms. The first kappa shape index (κ1) is 72.1. The third kappa shape index (κ3) is 13.5. The van der Waals surface area contributed by atoms with Crippen molar-refractivity contribution in [2.45, 2.75) is 0 Å². The highest BCUT2D eigenvalue weighted by Gasteiger charge is 2.25. The molecule has 0 saturated carbocycles. The Hall–Kier alpha value is -18.2. The van der Waals surface area contributed by atoms with Gasteiger partial charge in [0, 0.05) is 60.6 Å². The molecule has 19 aromatic rings. The van der Waals surface area contributed by atoms with Crippen LogP contribution in [0.1, 0.15) is 44.5 Å². The summed E-state index contributed by atoms with van der Waals surface area (Å²) in [6.45, 7) is 0. The maximum atomic E-state index is 10.2. The van der Waals surface area contributed by atoms with Crippen LogP contribution in [0.5, 0.6) is 0 Å². The third-order valence-corrected chi connectivity index (χ3v) is 21.5. The van der Waals surface area contributed by atoms with Crippen molar-refractivity contribution in [1.82, 2.24) is 39.0 Å². The molecule has 0 radical (unpaired) electrons. The van der Waals surface area contributed by atoms with Gasteiger partial charge in [-0.05, 0) is 224 Å². The van der Waals surface area contributed by atoms with Gasteiger partial charge in [-0.1, -0.05) is 170 Å². The van der Waals surface area contributed by atoms with Gasteiger partial charge in [-0.15, -0.1) is 0 Å². The largest absolute Gasteiger partial charge is 0.309 e. The van der Waals surface area contributed by atoms with E-state index >= 15 is 0 Å². The van der Waals surface area contributed by atoms with E-state index in [4.69, 9.17) is 29.9 Å². The summed E-state index contributed by atoms with van der Waals surface area (Å²) < 4.78 is 4.41. The summed E-state index contributed by atoms with van der Waals surface area (Å²) in [5, 5.41) is 85.0. The lowest BCUT2D eigenvalue weighted by molar-refractivity contribution is 1.06. The van der Waals surface area contributed by atoms with Gasteiger partial charge in [0.1, 0.15) is 0 Å². The smallest absolute Gasteiger partial charge is 0.166 e. The lowest BCUT2D eigenvalue weighted by Gasteiger charge is -2.17. The lowest BCUT2D eigenvalue weighted by Crippen LogP contribution is -2.04. The minimum absolute atomic E-state index is 0.341. The van der Waals surface area contributed by atoms with Crippen molar-refractivity contribution in [2.24, 2.45) is 0 Å². The number of nitriles is 8. The third-order valence-electron chi connectivity index (χ3n) is 21.5. The van der Waals surface area contributed by atoms with Crippen molar-refractivity contribution in [3.05, 3.63) is 372 Å². The maximum absolute atomic E-state index is 10.2. The second-order valence-electron chi connectivity index (χ2n) is 28.8. The van der Waals surface area contributed by atoms with Crippen LogP contribution >= 0.6 is 0 Å². The fourth-order valence-corrected chi connectivity index (χ4v) is 15.9. The van der Waals surface area contributed by atoms with Crippen LogP contribution in [-0.2, 0) is 0 Å². The van der Waals surface area contributed by atoms with Crippen LogP contribution in [0.4, 0.5) is 0 Å². The van der Waals surface area contributed by atoms with Gasteiger partial charge in [0.2, 0.25) is 0 Å². The van der Waals surface area contributed by atoms with Crippen LogP contribution in [0.3, 0.4) is 0 Å². The highest BCUT2D eigenvalue weighted by molar-refractivity contribution is 6.14. The van der Waals surface area contributed by atoms with Crippen molar-refractivity contribution in [3.8, 4) is 195 Å². The quantitative estimate of drug-likeness (QED) is 0.0979. The van der Waals surface area contributed by atoms with Crippen LogP contribution in [-0.4, -0.2) is 39.0 Å². The number of nitrogens with zero attached hydrogens (tertiary/aromatic N) is 16. The van der Waals surface area contributed by atoms with E-state index < -0.39 is 0 Å². The predicted octanol–water partition coefficient (Wildman–Crippen LogP) is 23.2. The molecule has 16 heteroatoms. The Kier molecular flexibility index (Phi) is 18.3. The van der Waals surface area contributed by atoms with Gasteiger partial charge in [0.25, 0.3) is 0 Å². The average Bonchev–Trinajstić information content (AvgIpc) is 1.59. The Balaban J connectivity index is 0.851. The average molecular weight is 1530 g/mol. The molecule has 0 amide bonds. The van der Waals surface area contributed by atoms with E-state index in [1.807, 2.05) is 164 Å². The van der Waals surface area contributed by atoms with Crippen LogP contribution in [0.2, 0.25) is 0 Å². The summed E-state index contributed by atoms with van der Waals surface area (Å²) in [5.74, 6) is 2.63. The Morgan fingerprint density at radius 3 is 0.742 bits per heavy atom. The molecule has 19 rings (SSSR count). The zero-order chi connectivity index (χ0) is 81.5. The minimum atomic E-state index is 0.341. The highest BCUT2D eigenvalue weighted by Crippen LogP contribution is 2.45. The minimum Gasteiger partial charge on any atom is -0.309 e. The van der Waals surface area contributed by atoms with Crippen molar-refractivity contribution >= 4 is 43.6 Å². The first-order chi connectivity index (χ1) is 59.0. The molecule has 0 saturated heterocycles.